The number of hydrogen-bond donors (Lipinski definition) is 0. The highest BCUT2D eigenvalue weighted by Crippen LogP contribution is 2.32. The second-order valence-corrected chi connectivity index (χ2v) is 7.02. The van der Waals surface area contributed by atoms with E-state index in [1.54, 1.807) is 59.4 Å². The van der Waals surface area contributed by atoms with E-state index in [1.807, 2.05) is 30.5 Å². The fourth-order valence-corrected chi connectivity index (χ4v) is 3.53. The van der Waals surface area contributed by atoms with Gasteiger partial charge in [-0.05, 0) is 36.1 Å². The van der Waals surface area contributed by atoms with Gasteiger partial charge in [-0.2, -0.15) is 16.9 Å². The normalized spacial score (nSPS) is 12.0. The fourth-order valence-electron chi connectivity index (χ4n) is 2.54. The molecular weight excluding hydrogens is 370 g/mol. The quantitative estimate of drug-likeness (QED) is 0.644. The Hall–Kier alpha value is -2.38. The molecule has 0 aliphatic carbocycles. The van der Waals surface area contributed by atoms with Gasteiger partial charge in [-0.25, -0.2) is 4.68 Å². The van der Waals surface area contributed by atoms with Gasteiger partial charge in [0.15, 0.2) is 5.15 Å². The van der Waals surface area contributed by atoms with E-state index in [-0.39, 0.29) is 16.3 Å². The SMILES string of the molecule is CSC(CC(=O)N(C)c1cn(-c2cccnc2)nc1Cl)c1ccncc1. The summed E-state index contributed by atoms with van der Waals surface area (Å²) in [5.74, 6) is -0.0335. The van der Waals surface area contributed by atoms with E-state index in [0.29, 0.717) is 12.1 Å². The van der Waals surface area contributed by atoms with Crippen molar-refractivity contribution in [1.82, 2.24) is 19.7 Å². The summed E-state index contributed by atoms with van der Waals surface area (Å²) in [6, 6.07) is 7.55. The molecule has 0 saturated carbocycles. The lowest BCUT2D eigenvalue weighted by molar-refractivity contribution is -0.118. The number of nitrogens with zero attached hydrogens (tertiary/aromatic N) is 5. The van der Waals surface area contributed by atoms with Gasteiger partial charge in [-0.1, -0.05) is 11.6 Å². The van der Waals surface area contributed by atoms with Gasteiger partial charge < -0.3 is 4.90 Å². The molecule has 1 unspecified atom stereocenters. The molecule has 0 aromatic carbocycles. The molecule has 0 saturated heterocycles. The van der Waals surface area contributed by atoms with Gasteiger partial charge in [0.2, 0.25) is 5.91 Å². The van der Waals surface area contributed by atoms with E-state index in [0.717, 1.165) is 11.3 Å². The Bertz CT molecular complexity index is 872. The Morgan fingerprint density at radius 2 is 2.04 bits per heavy atom. The van der Waals surface area contributed by atoms with Crippen LogP contribution in [-0.4, -0.2) is 39.0 Å². The van der Waals surface area contributed by atoms with Crippen LogP contribution in [0.1, 0.15) is 17.2 Å². The Kier molecular flexibility index (Phi) is 5.90. The third-order valence-corrected chi connectivity index (χ3v) is 5.30. The number of rotatable bonds is 6. The van der Waals surface area contributed by atoms with Crippen molar-refractivity contribution < 1.29 is 4.79 Å². The van der Waals surface area contributed by atoms with Crippen molar-refractivity contribution in [2.75, 3.05) is 18.2 Å². The van der Waals surface area contributed by atoms with Gasteiger partial charge in [0, 0.05) is 37.3 Å². The van der Waals surface area contributed by atoms with Gasteiger partial charge >= 0.3 is 0 Å². The molecule has 0 aliphatic rings. The van der Waals surface area contributed by atoms with Crippen LogP contribution in [-0.2, 0) is 4.79 Å². The highest BCUT2D eigenvalue weighted by molar-refractivity contribution is 7.98. The number of thioether (sulfide) groups is 1. The summed E-state index contributed by atoms with van der Waals surface area (Å²) >= 11 is 7.89. The highest BCUT2D eigenvalue weighted by atomic mass is 35.5. The Morgan fingerprint density at radius 1 is 1.27 bits per heavy atom. The topological polar surface area (TPSA) is 63.9 Å². The molecule has 3 rings (SSSR count). The standard InChI is InChI=1S/C18H18ClN5OS/c1-23(17(25)10-16(26-2)13-5-8-20-9-6-13)15-12-24(22-18(15)19)14-4-3-7-21-11-14/h3-9,11-12,16H,10H2,1-2H3. The predicted octanol–water partition coefficient (Wildman–Crippen LogP) is 3.77. The third kappa shape index (κ3) is 4.05. The van der Waals surface area contributed by atoms with Crippen molar-refractivity contribution in [3.63, 3.8) is 0 Å². The van der Waals surface area contributed by atoms with Crippen molar-refractivity contribution in [2.24, 2.45) is 0 Å². The van der Waals surface area contributed by atoms with Gasteiger partial charge in [0.25, 0.3) is 0 Å². The summed E-state index contributed by atoms with van der Waals surface area (Å²) < 4.78 is 1.61. The highest BCUT2D eigenvalue weighted by Gasteiger charge is 2.22. The fraction of sp³-hybridized carbons (Fsp3) is 0.222. The van der Waals surface area contributed by atoms with Crippen molar-refractivity contribution in [3.05, 3.63) is 66.0 Å². The number of carbonyl (C=O) groups excluding carboxylic acids is 1. The number of pyridine rings is 2. The molecule has 6 nitrogen and oxygen atoms in total. The van der Waals surface area contributed by atoms with Crippen LogP contribution in [0, 0.1) is 0 Å². The molecule has 134 valence electrons. The van der Waals surface area contributed by atoms with Gasteiger partial charge in [-0.3, -0.25) is 14.8 Å². The molecule has 8 heteroatoms. The van der Waals surface area contributed by atoms with Gasteiger partial charge in [0.05, 0.1) is 18.1 Å². The maximum absolute atomic E-state index is 12.8. The van der Waals surface area contributed by atoms with Crippen molar-refractivity contribution in [1.29, 1.82) is 0 Å². The van der Waals surface area contributed by atoms with E-state index >= 15 is 0 Å². The molecule has 0 radical (unpaired) electrons. The summed E-state index contributed by atoms with van der Waals surface area (Å²) in [7, 11) is 1.71. The van der Waals surface area contributed by atoms with Crippen LogP contribution in [0.4, 0.5) is 5.69 Å². The first-order valence-electron chi connectivity index (χ1n) is 7.95. The minimum Gasteiger partial charge on any atom is -0.311 e. The van der Waals surface area contributed by atoms with E-state index in [9.17, 15) is 4.79 Å². The Morgan fingerprint density at radius 3 is 2.69 bits per heavy atom. The van der Waals surface area contributed by atoms with Crippen LogP contribution < -0.4 is 4.90 Å². The number of aromatic nitrogens is 4. The molecule has 0 N–H and O–H groups in total. The van der Waals surface area contributed by atoms with Crippen LogP contribution in [0.2, 0.25) is 5.15 Å². The Labute approximate surface area is 161 Å². The summed E-state index contributed by atoms with van der Waals surface area (Å²) in [5, 5.41) is 4.60. The average Bonchev–Trinajstić information content (AvgIpc) is 3.08. The molecule has 26 heavy (non-hydrogen) atoms. The van der Waals surface area contributed by atoms with E-state index in [2.05, 4.69) is 15.1 Å². The van der Waals surface area contributed by atoms with Gasteiger partial charge in [0.1, 0.15) is 5.69 Å². The first-order valence-corrected chi connectivity index (χ1v) is 9.61. The second kappa shape index (κ2) is 8.33. The minimum absolute atomic E-state index is 0.0335. The molecule has 3 aromatic heterocycles. The smallest absolute Gasteiger partial charge is 0.228 e. The van der Waals surface area contributed by atoms with E-state index in [4.69, 9.17) is 11.6 Å². The van der Waals surface area contributed by atoms with Crippen molar-refractivity contribution in [3.8, 4) is 5.69 Å². The van der Waals surface area contributed by atoms with Gasteiger partial charge in [-0.15, -0.1) is 0 Å². The zero-order chi connectivity index (χ0) is 18.5. The van der Waals surface area contributed by atoms with Crippen LogP contribution in [0.25, 0.3) is 5.69 Å². The molecule has 0 bridgehead atoms. The zero-order valence-electron chi connectivity index (χ0n) is 14.4. The first kappa shape index (κ1) is 18.4. The number of amides is 1. The number of carbonyl (C=O) groups is 1. The first-order chi connectivity index (χ1) is 12.6. The zero-order valence-corrected chi connectivity index (χ0v) is 16.0. The Balaban J connectivity index is 1.77. The van der Waals surface area contributed by atoms with Crippen molar-refractivity contribution >= 4 is 35.0 Å². The van der Waals surface area contributed by atoms with E-state index in [1.165, 1.54) is 0 Å². The largest absolute Gasteiger partial charge is 0.311 e. The van der Waals surface area contributed by atoms with Crippen LogP contribution in [0.15, 0.2) is 55.2 Å². The summed E-state index contributed by atoms with van der Waals surface area (Å²) in [4.78, 5) is 22.4. The molecule has 0 spiro atoms. The maximum atomic E-state index is 12.8. The lowest BCUT2D eigenvalue weighted by atomic mass is 10.1. The predicted molar refractivity (Wildman–Crippen MR) is 105 cm³/mol. The monoisotopic (exact) mass is 387 g/mol. The minimum atomic E-state index is -0.0335. The van der Waals surface area contributed by atoms with Crippen LogP contribution >= 0.6 is 23.4 Å². The lowest BCUT2D eigenvalue weighted by Crippen LogP contribution is -2.27. The molecule has 0 aliphatic heterocycles. The maximum Gasteiger partial charge on any atom is 0.228 e. The molecule has 3 aromatic rings. The lowest BCUT2D eigenvalue weighted by Gasteiger charge is -2.20. The third-order valence-electron chi connectivity index (χ3n) is 4.02. The summed E-state index contributed by atoms with van der Waals surface area (Å²) in [6.45, 7) is 0. The average molecular weight is 388 g/mol. The molecule has 0 fully saturated rings. The molecule has 1 atom stereocenters. The number of anilines is 1. The number of halogens is 1. The van der Waals surface area contributed by atoms with E-state index < -0.39 is 0 Å². The molecule has 3 heterocycles. The summed E-state index contributed by atoms with van der Waals surface area (Å²) in [5.41, 5.74) is 2.42. The van der Waals surface area contributed by atoms with Crippen LogP contribution in [0.3, 0.4) is 0 Å². The van der Waals surface area contributed by atoms with Crippen LogP contribution in [0.5, 0.6) is 0 Å². The number of hydrogen-bond acceptors (Lipinski definition) is 5. The van der Waals surface area contributed by atoms with Crippen molar-refractivity contribution in [2.45, 2.75) is 11.7 Å². The second-order valence-electron chi connectivity index (χ2n) is 5.62. The molecular formula is C18H18ClN5OS. The molecule has 1 amide bonds. The summed E-state index contributed by atoms with van der Waals surface area (Å²) in [6.07, 6.45) is 10.9.